The average molecular weight is 437 g/mol. The molecule has 0 aromatic rings. The average Bonchev–Trinajstić information content (AvgIpc) is 3.40. The summed E-state index contributed by atoms with van der Waals surface area (Å²) in [6.45, 7) is 5.65. The normalized spacial score (nSPS) is 33.9. The van der Waals surface area contributed by atoms with Gasteiger partial charge >= 0.3 is 5.97 Å². The van der Waals surface area contributed by atoms with Crippen molar-refractivity contribution in [3.8, 4) is 0 Å². The molecule has 0 radical (unpaired) electrons. The lowest BCUT2D eigenvalue weighted by molar-refractivity contribution is -0.160. The summed E-state index contributed by atoms with van der Waals surface area (Å²) in [6, 6.07) is -3.03. The highest BCUT2D eigenvalue weighted by Gasteiger charge is 2.41. The third kappa shape index (κ3) is 4.67. The number of hydrogen-bond acceptors (Lipinski definition) is 6. The molecule has 172 valence electrons. The van der Waals surface area contributed by atoms with Crippen molar-refractivity contribution in [2.45, 2.75) is 83.1 Å². The highest BCUT2D eigenvalue weighted by atomic mass is 16.5. The van der Waals surface area contributed by atoms with E-state index in [1.807, 2.05) is 0 Å². The van der Waals surface area contributed by atoms with Gasteiger partial charge < -0.3 is 24.8 Å². The Balaban J connectivity index is 1.88. The summed E-state index contributed by atoms with van der Waals surface area (Å²) in [5.41, 5.74) is 0. The molecule has 1 N–H and O–H groups in total. The van der Waals surface area contributed by atoms with Crippen molar-refractivity contribution in [3.05, 3.63) is 0 Å². The number of hydrogen-bond donors (Lipinski definition) is 1. The van der Waals surface area contributed by atoms with Crippen molar-refractivity contribution in [3.63, 3.8) is 0 Å². The van der Waals surface area contributed by atoms with Gasteiger partial charge in [0.1, 0.15) is 30.3 Å². The number of amides is 4. The standard InChI is InChI=1S/C21H32N4O6/c1-12-11-17(26)24-9-5-7-15(24)20(29)23(4)14(3)18(27)22-13(2)19(28)25-10-6-8-16(25)21(30)31-12/h12-16H,5-11H2,1-4H3,(H,22,27)/t12-,13-,14-,15?,16?/m0/s1. The number of ether oxygens (including phenoxy) is 1. The van der Waals surface area contributed by atoms with E-state index in [4.69, 9.17) is 4.74 Å². The molecule has 10 heteroatoms. The van der Waals surface area contributed by atoms with Crippen molar-refractivity contribution in [2.24, 2.45) is 0 Å². The van der Waals surface area contributed by atoms with Crippen LogP contribution in [-0.2, 0) is 28.7 Å². The summed E-state index contributed by atoms with van der Waals surface area (Å²) in [4.78, 5) is 68.5. The zero-order valence-electron chi connectivity index (χ0n) is 18.6. The third-order valence-corrected chi connectivity index (χ3v) is 6.48. The smallest absolute Gasteiger partial charge is 0.329 e. The summed E-state index contributed by atoms with van der Waals surface area (Å²) in [5, 5.41) is 2.66. The molecule has 3 aliphatic heterocycles. The zero-order chi connectivity index (χ0) is 22.9. The van der Waals surface area contributed by atoms with Crippen LogP contribution in [0.3, 0.4) is 0 Å². The number of likely N-dealkylation sites (N-methyl/N-ethyl adjacent to an activating group) is 1. The van der Waals surface area contributed by atoms with Gasteiger partial charge in [0.15, 0.2) is 0 Å². The van der Waals surface area contributed by atoms with E-state index in [0.29, 0.717) is 38.8 Å². The maximum Gasteiger partial charge on any atom is 0.329 e. The Morgan fingerprint density at radius 2 is 1.48 bits per heavy atom. The largest absolute Gasteiger partial charge is 0.461 e. The van der Waals surface area contributed by atoms with E-state index in [-0.39, 0.29) is 24.1 Å². The quantitative estimate of drug-likeness (QED) is 0.519. The number of rotatable bonds is 0. The van der Waals surface area contributed by atoms with Gasteiger partial charge in [-0.1, -0.05) is 0 Å². The SMILES string of the molecule is C[C@@H]1NC(=O)[C@H](C)N(C)C(=O)C2CCCN2C(=O)C[C@H](C)OC(=O)C2CCCN2C1=O. The lowest BCUT2D eigenvalue weighted by Crippen LogP contribution is -2.56. The van der Waals surface area contributed by atoms with Gasteiger partial charge in [-0.2, -0.15) is 0 Å². The maximum atomic E-state index is 13.0. The molecule has 0 spiro atoms. The molecule has 2 unspecified atom stereocenters. The number of esters is 1. The van der Waals surface area contributed by atoms with Crippen LogP contribution in [-0.4, -0.2) is 94.7 Å². The van der Waals surface area contributed by atoms with Crippen molar-refractivity contribution < 1.29 is 28.7 Å². The van der Waals surface area contributed by atoms with Crippen LogP contribution in [0.5, 0.6) is 0 Å². The summed E-state index contributed by atoms with van der Waals surface area (Å²) >= 11 is 0. The van der Waals surface area contributed by atoms with Crippen molar-refractivity contribution in [2.75, 3.05) is 20.1 Å². The number of carbonyl (C=O) groups is 5. The van der Waals surface area contributed by atoms with Gasteiger partial charge in [-0.05, 0) is 46.5 Å². The summed E-state index contributed by atoms with van der Waals surface area (Å²) in [6.07, 6.45) is 1.63. The monoisotopic (exact) mass is 436 g/mol. The lowest BCUT2D eigenvalue weighted by atomic mass is 10.1. The summed E-state index contributed by atoms with van der Waals surface area (Å²) in [5.74, 6) is -1.96. The van der Waals surface area contributed by atoms with E-state index < -0.39 is 42.1 Å². The number of nitrogens with zero attached hydrogens (tertiary/aromatic N) is 3. The van der Waals surface area contributed by atoms with Gasteiger partial charge in [-0.25, -0.2) is 4.79 Å². The van der Waals surface area contributed by atoms with Gasteiger partial charge in [-0.3, -0.25) is 19.2 Å². The molecule has 5 atom stereocenters. The van der Waals surface area contributed by atoms with Crippen LogP contribution in [0, 0.1) is 0 Å². The van der Waals surface area contributed by atoms with Crippen LogP contribution in [0.25, 0.3) is 0 Å². The molecule has 3 fully saturated rings. The zero-order valence-corrected chi connectivity index (χ0v) is 18.6. The minimum absolute atomic E-state index is 0.0354. The molecule has 0 aliphatic carbocycles. The van der Waals surface area contributed by atoms with Crippen LogP contribution in [0.2, 0.25) is 0 Å². The Bertz CT molecular complexity index is 771. The fourth-order valence-corrected chi connectivity index (χ4v) is 4.53. The molecule has 10 nitrogen and oxygen atoms in total. The van der Waals surface area contributed by atoms with Crippen LogP contribution in [0.15, 0.2) is 0 Å². The van der Waals surface area contributed by atoms with E-state index in [9.17, 15) is 24.0 Å². The Kier molecular flexibility index (Phi) is 6.86. The molecular weight excluding hydrogens is 404 g/mol. The van der Waals surface area contributed by atoms with Gasteiger partial charge in [0.25, 0.3) is 0 Å². The van der Waals surface area contributed by atoms with E-state index in [2.05, 4.69) is 5.32 Å². The van der Waals surface area contributed by atoms with Gasteiger partial charge in [0, 0.05) is 20.1 Å². The second kappa shape index (κ2) is 9.23. The van der Waals surface area contributed by atoms with Crippen molar-refractivity contribution >= 4 is 29.6 Å². The second-order valence-electron chi connectivity index (χ2n) is 8.74. The topological polar surface area (TPSA) is 116 Å². The molecule has 3 rings (SSSR count). The molecule has 0 saturated carbocycles. The van der Waals surface area contributed by atoms with Crippen molar-refractivity contribution in [1.82, 2.24) is 20.0 Å². The van der Waals surface area contributed by atoms with Gasteiger partial charge in [0.2, 0.25) is 23.6 Å². The van der Waals surface area contributed by atoms with Gasteiger partial charge in [-0.15, -0.1) is 0 Å². The molecule has 0 bridgehead atoms. The molecule has 31 heavy (non-hydrogen) atoms. The predicted octanol–water partition coefficient (Wildman–Crippen LogP) is -0.345. The van der Waals surface area contributed by atoms with E-state index in [1.54, 1.807) is 20.8 Å². The molecule has 4 amide bonds. The molecule has 3 heterocycles. The Hall–Kier alpha value is -2.65. The molecular formula is C21H32N4O6. The number of nitrogens with one attached hydrogen (secondary N) is 1. The Morgan fingerprint density at radius 3 is 2.16 bits per heavy atom. The first-order valence-electron chi connectivity index (χ1n) is 11.0. The van der Waals surface area contributed by atoms with Crippen LogP contribution in [0.1, 0.15) is 52.9 Å². The third-order valence-electron chi connectivity index (χ3n) is 6.48. The summed E-state index contributed by atoms with van der Waals surface area (Å²) < 4.78 is 5.49. The van der Waals surface area contributed by atoms with Crippen LogP contribution < -0.4 is 5.32 Å². The second-order valence-corrected chi connectivity index (χ2v) is 8.74. The molecule has 3 aliphatic rings. The minimum Gasteiger partial charge on any atom is -0.461 e. The van der Waals surface area contributed by atoms with E-state index >= 15 is 0 Å². The summed E-state index contributed by atoms with van der Waals surface area (Å²) in [7, 11) is 1.53. The Morgan fingerprint density at radius 1 is 0.871 bits per heavy atom. The fourth-order valence-electron chi connectivity index (χ4n) is 4.53. The minimum atomic E-state index is -0.846. The van der Waals surface area contributed by atoms with Crippen LogP contribution in [0.4, 0.5) is 0 Å². The molecule has 0 aromatic carbocycles. The maximum absolute atomic E-state index is 13.0. The predicted molar refractivity (Wildman–Crippen MR) is 109 cm³/mol. The molecule has 0 aromatic heterocycles. The highest BCUT2D eigenvalue weighted by Crippen LogP contribution is 2.24. The number of carbonyl (C=O) groups excluding carboxylic acids is 5. The fraction of sp³-hybridized carbons (Fsp3) is 0.762. The molecule has 3 saturated heterocycles. The first-order chi connectivity index (χ1) is 14.6. The van der Waals surface area contributed by atoms with E-state index in [0.717, 1.165) is 0 Å². The first kappa shape index (κ1) is 23.0. The Labute approximate surface area is 182 Å². The van der Waals surface area contributed by atoms with E-state index in [1.165, 1.54) is 21.7 Å². The lowest BCUT2D eigenvalue weighted by Gasteiger charge is -2.33. The number of cyclic esters (lactones) is 1. The number of fused-ring (bicyclic) bond motifs is 2. The van der Waals surface area contributed by atoms with Crippen molar-refractivity contribution in [1.29, 1.82) is 0 Å². The first-order valence-corrected chi connectivity index (χ1v) is 11.0. The highest BCUT2D eigenvalue weighted by molar-refractivity contribution is 5.95. The van der Waals surface area contributed by atoms with Gasteiger partial charge in [0.05, 0.1) is 6.42 Å². The van der Waals surface area contributed by atoms with Crippen LogP contribution >= 0.6 is 0 Å².